The summed E-state index contributed by atoms with van der Waals surface area (Å²) in [7, 11) is 0. The zero-order valence-corrected chi connectivity index (χ0v) is 8.13. The molecule has 18 heavy (non-hydrogen) atoms. The standard InChI is InChI=1S/C8H3F6NO3/c9-7(10,11)3-1-4(15(17)18)6(5(16)2-3)8(12,13)14/h1-2,16H. The Labute approximate surface area is 94.6 Å². The summed E-state index contributed by atoms with van der Waals surface area (Å²) in [5, 5.41) is 19.2. The summed E-state index contributed by atoms with van der Waals surface area (Å²) in [4.78, 5) is 8.69. The summed E-state index contributed by atoms with van der Waals surface area (Å²) in [5.41, 5.74) is -5.70. The van der Waals surface area contributed by atoms with Crippen molar-refractivity contribution in [2.75, 3.05) is 0 Å². The quantitative estimate of drug-likeness (QED) is 0.485. The van der Waals surface area contributed by atoms with Crippen LogP contribution < -0.4 is 0 Å². The van der Waals surface area contributed by atoms with Crippen molar-refractivity contribution in [1.82, 2.24) is 0 Å². The van der Waals surface area contributed by atoms with E-state index in [1.54, 1.807) is 0 Å². The molecule has 0 radical (unpaired) electrons. The molecule has 4 nitrogen and oxygen atoms in total. The van der Waals surface area contributed by atoms with Crippen LogP contribution in [0.25, 0.3) is 0 Å². The molecule has 0 aromatic heterocycles. The fourth-order valence-electron chi connectivity index (χ4n) is 1.21. The molecule has 1 rings (SSSR count). The van der Waals surface area contributed by atoms with Gasteiger partial charge in [0.15, 0.2) is 5.56 Å². The van der Waals surface area contributed by atoms with Gasteiger partial charge in [-0.1, -0.05) is 0 Å². The number of benzene rings is 1. The Balaban J connectivity index is 3.62. The Hall–Kier alpha value is -2.00. The van der Waals surface area contributed by atoms with Gasteiger partial charge < -0.3 is 5.11 Å². The van der Waals surface area contributed by atoms with Gasteiger partial charge in [0.05, 0.1) is 10.5 Å². The average molecular weight is 275 g/mol. The van der Waals surface area contributed by atoms with Gasteiger partial charge in [-0.3, -0.25) is 10.1 Å². The highest BCUT2D eigenvalue weighted by atomic mass is 19.4. The largest absolute Gasteiger partial charge is 0.507 e. The number of aromatic hydroxyl groups is 1. The highest BCUT2D eigenvalue weighted by Crippen LogP contribution is 2.45. The summed E-state index contributed by atoms with van der Waals surface area (Å²) < 4.78 is 73.7. The molecule has 0 aliphatic carbocycles. The molecule has 0 saturated heterocycles. The molecule has 0 heterocycles. The molecule has 1 aromatic rings. The van der Waals surface area contributed by atoms with Crippen molar-refractivity contribution in [3.05, 3.63) is 33.4 Å². The predicted molar refractivity (Wildman–Crippen MR) is 44.8 cm³/mol. The molecular weight excluding hydrogens is 272 g/mol. The van der Waals surface area contributed by atoms with E-state index in [4.69, 9.17) is 5.11 Å². The number of alkyl halides is 6. The molecule has 0 fully saturated rings. The van der Waals surface area contributed by atoms with Crippen LogP contribution in [0.3, 0.4) is 0 Å². The number of rotatable bonds is 1. The van der Waals surface area contributed by atoms with Crippen LogP contribution in [0.5, 0.6) is 5.75 Å². The zero-order chi connectivity index (χ0) is 14.3. The lowest BCUT2D eigenvalue weighted by atomic mass is 10.1. The Morgan fingerprint density at radius 3 is 1.89 bits per heavy atom. The number of halogens is 6. The van der Waals surface area contributed by atoms with E-state index < -0.39 is 39.8 Å². The maximum Gasteiger partial charge on any atom is 0.426 e. The van der Waals surface area contributed by atoms with E-state index in [-0.39, 0.29) is 12.1 Å². The summed E-state index contributed by atoms with van der Waals surface area (Å²) >= 11 is 0. The molecule has 0 aliphatic heterocycles. The molecule has 0 spiro atoms. The van der Waals surface area contributed by atoms with E-state index in [0.29, 0.717) is 0 Å². The van der Waals surface area contributed by atoms with E-state index in [1.165, 1.54) is 0 Å². The van der Waals surface area contributed by atoms with Gasteiger partial charge in [-0.2, -0.15) is 26.3 Å². The Morgan fingerprint density at radius 1 is 1.06 bits per heavy atom. The molecule has 0 bridgehead atoms. The third kappa shape index (κ3) is 2.63. The first-order chi connectivity index (χ1) is 7.94. The minimum atomic E-state index is -5.34. The summed E-state index contributed by atoms with van der Waals surface area (Å²) in [6.45, 7) is 0. The second-order valence-electron chi connectivity index (χ2n) is 3.14. The number of phenolic OH excluding ortho intramolecular Hbond substituents is 1. The number of nitro benzene ring substituents is 1. The second kappa shape index (κ2) is 4.03. The maximum atomic E-state index is 12.4. The van der Waals surface area contributed by atoms with E-state index in [0.717, 1.165) is 0 Å². The number of hydrogen-bond acceptors (Lipinski definition) is 3. The molecule has 1 N–H and O–H groups in total. The van der Waals surface area contributed by atoms with Crippen LogP contribution in [-0.4, -0.2) is 10.0 Å². The summed E-state index contributed by atoms with van der Waals surface area (Å²) in [5.74, 6) is -1.84. The van der Waals surface area contributed by atoms with Crippen molar-refractivity contribution in [3.8, 4) is 5.75 Å². The lowest BCUT2D eigenvalue weighted by molar-refractivity contribution is -0.388. The SMILES string of the molecule is O=[N+]([O-])c1cc(C(F)(F)F)cc(O)c1C(F)(F)F. The lowest BCUT2D eigenvalue weighted by Gasteiger charge is -2.12. The number of nitrogens with zero attached hydrogens (tertiary/aromatic N) is 1. The van der Waals surface area contributed by atoms with Crippen molar-refractivity contribution < 1.29 is 36.4 Å². The van der Waals surface area contributed by atoms with Gasteiger partial charge >= 0.3 is 12.4 Å². The fraction of sp³-hybridized carbons (Fsp3) is 0.250. The number of phenols is 1. The van der Waals surface area contributed by atoms with Crippen LogP contribution in [0.15, 0.2) is 12.1 Å². The third-order valence-electron chi connectivity index (χ3n) is 1.90. The fourth-order valence-corrected chi connectivity index (χ4v) is 1.21. The average Bonchev–Trinajstić information content (AvgIpc) is 2.12. The van der Waals surface area contributed by atoms with E-state index in [1.807, 2.05) is 0 Å². The van der Waals surface area contributed by atoms with Crippen molar-refractivity contribution in [1.29, 1.82) is 0 Å². The van der Waals surface area contributed by atoms with Gasteiger partial charge in [0.25, 0.3) is 5.69 Å². The Bertz CT molecular complexity index is 493. The van der Waals surface area contributed by atoms with Crippen LogP contribution in [0.2, 0.25) is 0 Å². The van der Waals surface area contributed by atoms with Crippen molar-refractivity contribution in [3.63, 3.8) is 0 Å². The first kappa shape index (κ1) is 14.1. The van der Waals surface area contributed by atoms with Crippen LogP contribution in [0, 0.1) is 10.1 Å². The third-order valence-corrected chi connectivity index (χ3v) is 1.90. The summed E-state index contributed by atoms with van der Waals surface area (Å²) in [6, 6.07) is -0.488. The molecule has 100 valence electrons. The molecule has 10 heteroatoms. The minimum absolute atomic E-state index is 0.212. The Kier molecular flexibility index (Phi) is 3.15. The van der Waals surface area contributed by atoms with Crippen LogP contribution in [-0.2, 0) is 12.4 Å². The van der Waals surface area contributed by atoms with Gasteiger partial charge in [-0.25, -0.2) is 0 Å². The number of hydrogen-bond donors (Lipinski definition) is 1. The first-order valence-electron chi connectivity index (χ1n) is 4.10. The summed E-state index contributed by atoms with van der Waals surface area (Å²) in [6.07, 6.45) is -10.4. The molecule has 1 aromatic carbocycles. The van der Waals surface area contributed by atoms with Crippen molar-refractivity contribution >= 4 is 5.69 Å². The molecule has 0 aliphatic rings. The van der Waals surface area contributed by atoms with Crippen LogP contribution in [0.1, 0.15) is 11.1 Å². The molecule has 0 atom stereocenters. The van der Waals surface area contributed by atoms with Crippen molar-refractivity contribution in [2.45, 2.75) is 12.4 Å². The van der Waals surface area contributed by atoms with Crippen molar-refractivity contribution in [2.24, 2.45) is 0 Å². The highest BCUT2D eigenvalue weighted by Gasteiger charge is 2.44. The zero-order valence-electron chi connectivity index (χ0n) is 8.13. The first-order valence-corrected chi connectivity index (χ1v) is 4.10. The van der Waals surface area contributed by atoms with Gasteiger partial charge in [0.1, 0.15) is 5.75 Å². The van der Waals surface area contributed by atoms with Crippen LogP contribution in [0.4, 0.5) is 32.0 Å². The normalized spacial score (nSPS) is 12.6. The monoisotopic (exact) mass is 275 g/mol. The van der Waals surface area contributed by atoms with Gasteiger partial charge in [0, 0.05) is 6.07 Å². The minimum Gasteiger partial charge on any atom is -0.507 e. The predicted octanol–water partition coefficient (Wildman–Crippen LogP) is 3.34. The molecular formula is C8H3F6NO3. The number of nitro groups is 1. The van der Waals surface area contributed by atoms with E-state index in [2.05, 4.69) is 0 Å². The van der Waals surface area contributed by atoms with E-state index >= 15 is 0 Å². The smallest absolute Gasteiger partial charge is 0.426 e. The molecule has 0 unspecified atom stereocenters. The van der Waals surface area contributed by atoms with Gasteiger partial charge in [-0.15, -0.1) is 0 Å². The Morgan fingerprint density at radius 2 is 1.56 bits per heavy atom. The topological polar surface area (TPSA) is 63.4 Å². The van der Waals surface area contributed by atoms with Gasteiger partial charge in [-0.05, 0) is 6.07 Å². The van der Waals surface area contributed by atoms with Crippen LogP contribution >= 0.6 is 0 Å². The molecule has 0 saturated carbocycles. The van der Waals surface area contributed by atoms with E-state index in [9.17, 15) is 36.5 Å². The highest BCUT2D eigenvalue weighted by molar-refractivity contribution is 5.54. The molecule has 0 amide bonds. The second-order valence-corrected chi connectivity index (χ2v) is 3.14. The lowest BCUT2D eigenvalue weighted by Crippen LogP contribution is -2.12. The maximum absolute atomic E-state index is 12.4. The van der Waals surface area contributed by atoms with Gasteiger partial charge in [0.2, 0.25) is 0 Å².